The summed E-state index contributed by atoms with van der Waals surface area (Å²) in [5.41, 5.74) is 3.86. The summed E-state index contributed by atoms with van der Waals surface area (Å²) in [4.78, 5) is 15.3. The Morgan fingerprint density at radius 1 is 1.40 bits per heavy atom. The fourth-order valence-corrected chi connectivity index (χ4v) is 1.44. The molecule has 0 atom stereocenters. The molecule has 0 aliphatic rings. The number of hydrogen-bond acceptors (Lipinski definition) is 3. The quantitative estimate of drug-likeness (QED) is 0.546. The minimum Gasteiger partial charge on any atom is -0.288 e. The first-order valence-corrected chi connectivity index (χ1v) is 4.51. The third-order valence-corrected chi connectivity index (χ3v) is 2.20. The number of hydrogen-bond donors (Lipinski definition) is 2. The van der Waals surface area contributed by atoms with E-state index in [1.165, 1.54) is 6.20 Å². The average Bonchev–Trinajstić information content (AvgIpc) is 2.27. The molecule has 1 heterocycles. The van der Waals surface area contributed by atoms with Gasteiger partial charge in [-0.3, -0.25) is 15.0 Å². The van der Waals surface area contributed by atoms with E-state index < -0.39 is 5.91 Å². The zero-order valence-electron chi connectivity index (χ0n) is 8.19. The Kier molecular flexibility index (Phi) is 2.35. The Morgan fingerprint density at radius 3 is 2.93 bits per heavy atom. The highest BCUT2D eigenvalue weighted by Gasteiger charge is 2.05. The number of carbonyl (C=O) groups is 1. The van der Waals surface area contributed by atoms with Gasteiger partial charge in [0.1, 0.15) is 0 Å². The van der Waals surface area contributed by atoms with Crippen LogP contribution >= 0.6 is 0 Å². The number of fused-ring (bicyclic) bond motifs is 1. The van der Waals surface area contributed by atoms with Gasteiger partial charge in [-0.1, -0.05) is 11.6 Å². The lowest BCUT2D eigenvalue weighted by molar-refractivity contribution is 0.0706. The topological polar surface area (TPSA) is 62.2 Å². The normalized spacial score (nSPS) is 10.3. The lowest BCUT2D eigenvalue weighted by Gasteiger charge is -2.01. The van der Waals surface area contributed by atoms with Crippen molar-refractivity contribution in [3.8, 4) is 0 Å². The van der Waals surface area contributed by atoms with Crippen LogP contribution in [0, 0.1) is 6.92 Å². The van der Waals surface area contributed by atoms with Gasteiger partial charge in [-0.2, -0.15) is 0 Å². The molecule has 0 saturated heterocycles. The molecular formula is C11H10N2O2. The second kappa shape index (κ2) is 3.67. The lowest BCUT2D eigenvalue weighted by Crippen LogP contribution is -2.18. The average molecular weight is 202 g/mol. The van der Waals surface area contributed by atoms with Crippen molar-refractivity contribution in [2.75, 3.05) is 0 Å². The first kappa shape index (κ1) is 9.61. The zero-order valence-corrected chi connectivity index (χ0v) is 8.19. The molecule has 0 fully saturated rings. The Bertz CT molecular complexity index is 523. The third kappa shape index (κ3) is 1.80. The molecule has 15 heavy (non-hydrogen) atoms. The summed E-state index contributed by atoms with van der Waals surface area (Å²) in [6.45, 7) is 1.97. The van der Waals surface area contributed by atoms with E-state index in [1.807, 2.05) is 25.1 Å². The molecule has 0 aliphatic carbocycles. The molecular weight excluding hydrogens is 192 g/mol. The molecule has 0 spiro atoms. The van der Waals surface area contributed by atoms with Crippen LogP contribution in [0.2, 0.25) is 0 Å². The van der Waals surface area contributed by atoms with Gasteiger partial charge in [0.2, 0.25) is 0 Å². The van der Waals surface area contributed by atoms with Crippen LogP contribution < -0.4 is 5.48 Å². The van der Waals surface area contributed by atoms with Gasteiger partial charge < -0.3 is 0 Å². The molecule has 1 aromatic heterocycles. The number of aromatic nitrogens is 1. The van der Waals surface area contributed by atoms with Crippen LogP contribution in [0.25, 0.3) is 10.9 Å². The van der Waals surface area contributed by atoms with Crippen LogP contribution in [0.3, 0.4) is 0 Å². The van der Waals surface area contributed by atoms with Crippen LogP contribution in [-0.2, 0) is 0 Å². The summed E-state index contributed by atoms with van der Waals surface area (Å²) >= 11 is 0. The van der Waals surface area contributed by atoms with Crippen LogP contribution in [0.4, 0.5) is 0 Å². The molecule has 0 bridgehead atoms. The molecule has 0 radical (unpaired) electrons. The monoisotopic (exact) mass is 202 g/mol. The standard InChI is InChI=1S/C11H10N2O2/c1-7-2-3-10-8(4-7)5-9(6-12-10)11(14)13-15/h2-6,15H,1H3,(H,13,14). The van der Waals surface area contributed by atoms with Gasteiger partial charge in [-0.25, -0.2) is 5.48 Å². The van der Waals surface area contributed by atoms with Crippen LogP contribution in [-0.4, -0.2) is 16.1 Å². The molecule has 0 saturated carbocycles. The van der Waals surface area contributed by atoms with E-state index in [0.717, 1.165) is 16.5 Å². The predicted molar refractivity (Wildman–Crippen MR) is 55.7 cm³/mol. The van der Waals surface area contributed by atoms with Gasteiger partial charge in [0, 0.05) is 11.6 Å². The van der Waals surface area contributed by atoms with E-state index in [4.69, 9.17) is 5.21 Å². The summed E-state index contributed by atoms with van der Waals surface area (Å²) in [6, 6.07) is 7.49. The largest absolute Gasteiger partial charge is 0.288 e. The summed E-state index contributed by atoms with van der Waals surface area (Å²) in [5.74, 6) is -0.550. The number of pyridine rings is 1. The van der Waals surface area contributed by atoms with Crippen molar-refractivity contribution in [2.24, 2.45) is 0 Å². The maximum absolute atomic E-state index is 11.1. The van der Waals surface area contributed by atoms with Crippen LogP contribution in [0.1, 0.15) is 15.9 Å². The molecule has 1 amide bonds. The van der Waals surface area contributed by atoms with E-state index in [9.17, 15) is 4.79 Å². The second-order valence-electron chi connectivity index (χ2n) is 3.36. The van der Waals surface area contributed by atoms with Gasteiger partial charge in [0.15, 0.2) is 0 Å². The fraction of sp³-hybridized carbons (Fsp3) is 0.0909. The maximum Gasteiger partial charge on any atom is 0.276 e. The van der Waals surface area contributed by atoms with E-state index in [0.29, 0.717) is 5.56 Å². The van der Waals surface area contributed by atoms with E-state index in [2.05, 4.69) is 4.98 Å². The van der Waals surface area contributed by atoms with Crippen molar-refractivity contribution >= 4 is 16.8 Å². The first-order chi connectivity index (χ1) is 7.20. The molecule has 4 nitrogen and oxygen atoms in total. The summed E-state index contributed by atoms with van der Waals surface area (Å²) in [6.07, 6.45) is 1.43. The van der Waals surface area contributed by atoms with Gasteiger partial charge in [0.25, 0.3) is 5.91 Å². The van der Waals surface area contributed by atoms with Crippen molar-refractivity contribution in [2.45, 2.75) is 6.92 Å². The molecule has 1 aromatic carbocycles. The number of nitrogens with zero attached hydrogens (tertiary/aromatic N) is 1. The molecule has 4 heteroatoms. The Hall–Kier alpha value is -1.94. The Labute approximate surface area is 86.5 Å². The van der Waals surface area contributed by atoms with Gasteiger partial charge >= 0.3 is 0 Å². The predicted octanol–water partition coefficient (Wildman–Crippen LogP) is 1.66. The Morgan fingerprint density at radius 2 is 2.20 bits per heavy atom. The van der Waals surface area contributed by atoms with E-state index >= 15 is 0 Å². The van der Waals surface area contributed by atoms with Crippen LogP contribution in [0.5, 0.6) is 0 Å². The third-order valence-electron chi connectivity index (χ3n) is 2.20. The van der Waals surface area contributed by atoms with Crippen molar-refractivity contribution < 1.29 is 10.0 Å². The number of nitrogens with one attached hydrogen (secondary N) is 1. The SMILES string of the molecule is Cc1ccc2ncc(C(=O)NO)cc2c1. The zero-order chi connectivity index (χ0) is 10.8. The Balaban J connectivity index is 2.59. The lowest BCUT2D eigenvalue weighted by atomic mass is 10.1. The number of carbonyl (C=O) groups excluding carboxylic acids is 1. The molecule has 2 aromatic rings. The molecule has 0 aliphatic heterocycles. The minimum atomic E-state index is -0.550. The maximum atomic E-state index is 11.1. The smallest absolute Gasteiger partial charge is 0.276 e. The number of hydroxylamine groups is 1. The van der Waals surface area contributed by atoms with Crippen molar-refractivity contribution in [3.63, 3.8) is 0 Å². The summed E-state index contributed by atoms with van der Waals surface area (Å²) in [7, 11) is 0. The van der Waals surface area contributed by atoms with Crippen molar-refractivity contribution in [1.82, 2.24) is 10.5 Å². The minimum absolute atomic E-state index is 0.343. The van der Waals surface area contributed by atoms with Gasteiger partial charge in [0.05, 0.1) is 11.1 Å². The highest BCUT2D eigenvalue weighted by Crippen LogP contribution is 2.14. The van der Waals surface area contributed by atoms with Gasteiger partial charge in [-0.15, -0.1) is 0 Å². The summed E-state index contributed by atoms with van der Waals surface area (Å²) in [5, 5.41) is 9.37. The van der Waals surface area contributed by atoms with Crippen molar-refractivity contribution in [3.05, 3.63) is 41.6 Å². The van der Waals surface area contributed by atoms with E-state index in [1.54, 1.807) is 11.5 Å². The number of aryl methyl sites for hydroxylation is 1. The van der Waals surface area contributed by atoms with Crippen molar-refractivity contribution in [1.29, 1.82) is 0 Å². The number of rotatable bonds is 1. The van der Waals surface area contributed by atoms with E-state index in [-0.39, 0.29) is 0 Å². The molecule has 0 unspecified atom stereocenters. The molecule has 76 valence electrons. The van der Waals surface area contributed by atoms with Gasteiger partial charge in [-0.05, 0) is 25.1 Å². The molecule has 2 rings (SSSR count). The number of amides is 1. The number of benzene rings is 1. The fourth-order valence-electron chi connectivity index (χ4n) is 1.44. The van der Waals surface area contributed by atoms with Crippen LogP contribution in [0.15, 0.2) is 30.5 Å². The summed E-state index contributed by atoms with van der Waals surface area (Å²) < 4.78 is 0. The second-order valence-corrected chi connectivity index (χ2v) is 3.36. The molecule has 2 N–H and O–H groups in total. The first-order valence-electron chi connectivity index (χ1n) is 4.51. The highest BCUT2D eigenvalue weighted by molar-refractivity contribution is 5.96. The highest BCUT2D eigenvalue weighted by atomic mass is 16.5.